The van der Waals surface area contributed by atoms with Gasteiger partial charge in [0.15, 0.2) is 0 Å². The molecule has 2 aromatic carbocycles. The van der Waals surface area contributed by atoms with Crippen molar-refractivity contribution < 1.29 is 4.79 Å². The van der Waals surface area contributed by atoms with Crippen LogP contribution < -0.4 is 5.32 Å². The van der Waals surface area contributed by atoms with Crippen molar-refractivity contribution in [1.82, 2.24) is 25.2 Å². The normalized spacial score (nSPS) is 13.9. The van der Waals surface area contributed by atoms with Gasteiger partial charge in [-0.2, -0.15) is 15.0 Å². The molecule has 4 rings (SSSR count). The van der Waals surface area contributed by atoms with Crippen LogP contribution in [0.15, 0.2) is 54.6 Å². The first-order valence-electron chi connectivity index (χ1n) is 10.4. The molecule has 0 saturated carbocycles. The smallest absolute Gasteiger partial charge is 0.222 e. The second-order valence-electron chi connectivity index (χ2n) is 7.53. The van der Waals surface area contributed by atoms with Crippen LogP contribution in [-0.4, -0.2) is 45.4 Å². The number of hydrogen-bond donors (Lipinski definition) is 1. The Bertz CT molecular complexity index is 971. The predicted octanol–water partition coefficient (Wildman–Crippen LogP) is 3.75. The zero-order valence-corrected chi connectivity index (χ0v) is 17.7. The average molecular weight is 424 g/mol. The summed E-state index contributed by atoms with van der Waals surface area (Å²) in [4.78, 5) is 15.4. The van der Waals surface area contributed by atoms with E-state index in [0.29, 0.717) is 19.5 Å². The van der Waals surface area contributed by atoms with Crippen LogP contribution in [-0.2, 0) is 17.9 Å². The summed E-state index contributed by atoms with van der Waals surface area (Å²) >= 11 is 5.99. The third-order valence-electron chi connectivity index (χ3n) is 5.25. The van der Waals surface area contributed by atoms with E-state index in [1.807, 2.05) is 47.4 Å². The second-order valence-corrected chi connectivity index (χ2v) is 7.97. The molecule has 1 aliphatic heterocycles. The van der Waals surface area contributed by atoms with Crippen molar-refractivity contribution in [2.24, 2.45) is 0 Å². The van der Waals surface area contributed by atoms with E-state index in [1.165, 1.54) is 0 Å². The lowest BCUT2D eigenvalue weighted by molar-refractivity contribution is -0.127. The van der Waals surface area contributed by atoms with Gasteiger partial charge in [-0.15, -0.1) is 0 Å². The van der Waals surface area contributed by atoms with Crippen LogP contribution in [0.4, 0.5) is 0 Å². The van der Waals surface area contributed by atoms with Gasteiger partial charge in [0.1, 0.15) is 11.4 Å². The number of carbonyl (C=O) groups is 1. The van der Waals surface area contributed by atoms with Crippen molar-refractivity contribution in [2.45, 2.75) is 32.4 Å². The zero-order chi connectivity index (χ0) is 20.8. The maximum atomic E-state index is 11.7. The van der Waals surface area contributed by atoms with Crippen LogP contribution in [0, 0.1) is 0 Å². The van der Waals surface area contributed by atoms with E-state index in [-0.39, 0.29) is 5.91 Å². The Balaban J connectivity index is 1.40. The summed E-state index contributed by atoms with van der Waals surface area (Å²) in [6, 6.07) is 17.9. The monoisotopic (exact) mass is 423 g/mol. The first kappa shape index (κ1) is 20.6. The van der Waals surface area contributed by atoms with Crippen molar-refractivity contribution in [1.29, 1.82) is 0 Å². The maximum Gasteiger partial charge on any atom is 0.222 e. The lowest BCUT2D eigenvalue weighted by Crippen LogP contribution is -2.28. The molecule has 1 aromatic heterocycles. The quantitative estimate of drug-likeness (QED) is 0.532. The number of nitrogens with one attached hydrogen (secondary N) is 1. The molecule has 0 atom stereocenters. The van der Waals surface area contributed by atoms with Crippen LogP contribution in [0.25, 0.3) is 11.3 Å². The number of benzene rings is 2. The van der Waals surface area contributed by atoms with Crippen LogP contribution in [0.3, 0.4) is 0 Å². The van der Waals surface area contributed by atoms with Gasteiger partial charge in [-0.05, 0) is 37.1 Å². The number of carbonyl (C=O) groups excluding carboxylic acids is 1. The highest BCUT2D eigenvalue weighted by atomic mass is 35.5. The SMILES string of the molecule is O=C1CCCN1CCCNCc1nn(Cc2ccc(Cl)cc2)nc1-c1ccccc1. The van der Waals surface area contributed by atoms with E-state index >= 15 is 0 Å². The Labute approximate surface area is 181 Å². The van der Waals surface area contributed by atoms with E-state index in [4.69, 9.17) is 21.8 Å². The summed E-state index contributed by atoms with van der Waals surface area (Å²) in [5.41, 5.74) is 3.97. The van der Waals surface area contributed by atoms with Crippen LogP contribution in [0.2, 0.25) is 5.02 Å². The molecule has 1 amide bonds. The van der Waals surface area contributed by atoms with Gasteiger partial charge in [0.2, 0.25) is 5.91 Å². The highest BCUT2D eigenvalue weighted by molar-refractivity contribution is 6.30. The van der Waals surface area contributed by atoms with Crippen molar-refractivity contribution in [3.63, 3.8) is 0 Å². The minimum absolute atomic E-state index is 0.284. The lowest BCUT2D eigenvalue weighted by atomic mass is 10.1. The predicted molar refractivity (Wildman–Crippen MR) is 118 cm³/mol. The Morgan fingerprint density at radius 2 is 1.83 bits per heavy atom. The Morgan fingerprint density at radius 3 is 2.57 bits per heavy atom. The number of aromatic nitrogens is 3. The minimum atomic E-state index is 0.284. The summed E-state index contributed by atoms with van der Waals surface area (Å²) in [5.74, 6) is 0.284. The van der Waals surface area contributed by atoms with Crippen molar-refractivity contribution in [2.75, 3.05) is 19.6 Å². The number of nitrogens with zero attached hydrogens (tertiary/aromatic N) is 4. The molecule has 0 unspecified atom stereocenters. The molecule has 3 aromatic rings. The van der Waals surface area contributed by atoms with Gasteiger partial charge in [-0.25, -0.2) is 0 Å². The van der Waals surface area contributed by atoms with Crippen LogP contribution in [0.5, 0.6) is 0 Å². The molecule has 7 heteroatoms. The molecule has 1 N–H and O–H groups in total. The van der Waals surface area contributed by atoms with Gasteiger partial charge >= 0.3 is 0 Å². The summed E-state index contributed by atoms with van der Waals surface area (Å²) in [6.07, 6.45) is 2.62. The number of amides is 1. The molecular weight excluding hydrogens is 398 g/mol. The molecule has 1 fully saturated rings. The molecule has 0 aliphatic carbocycles. The van der Waals surface area contributed by atoms with Gasteiger partial charge in [-0.1, -0.05) is 54.1 Å². The summed E-state index contributed by atoms with van der Waals surface area (Å²) in [6.45, 7) is 3.78. The molecular formula is C23H26ClN5O. The number of rotatable bonds is 9. The second kappa shape index (κ2) is 9.87. The molecule has 0 spiro atoms. The first-order chi connectivity index (χ1) is 14.7. The van der Waals surface area contributed by atoms with E-state index in [2.05, 4.69) is 17.4 Å². The van der Waals surface area contributed by atoms with E-state index in [0.717, 1.165) is 60.0 Å². The Morgan fingerprint density at radius 1 is 1.03 bits per heavy atom. The van der Waals surface area contributed by atoms with E-state index < -0.39 is 0 Å². The third-order valence-corrected chi connectivity index (χ3v) is 5.51. The van der Waals surface area contributed by atoms with Gasteiger partial charge < -0.3 is 10.2 Å². The molecule has 30 heavy (non-hydrogen) atoms. The number of hydrogen-bond acceptors (Lipinski definition) is 4. The van der Waals surface area contributed by atoms with Crippen molar-refractivity contribution >= 4 is 17.5 Å². The Kier molecular flexibility index (Phi) is 6.77. The summed E-state index contributed by atoms with van der Waals surface area (Å²) < 4.78 is 0. The largest absolute Gasteiger partial charge is 0.343 e. The fourth-order valence-electron chi connectivity index (χ4n) is 3.69. The highest BCUT2D eigenvalue weighted by Crippen LogP contribution is 2.20. The molecule has 1 saturated heterocycles. The molecule has 6 nitrogen and oxygen atoms in total. The topological polar surface area (TPSA) is 63.1 Å². The third kappa shape index (κ3) is 5.26. The average Bonchev–Trinajstić information content (AvgIpc) is 3.36. The maximum absolute atomic E-state index is 11.7. The zero-order valence-electron chi connectivity index (χ0n) is 16.9. The molecule has 2 heterocycles. The molecule has 0 radical (unpaired) electrons. The molecule has 1 aliphatic rings. The highest BCUT2D eigenvalue weighted by Gasteiger charge is 2.19. The Hall–Kier alpha value is -2.70. The van der Waals surface area contributed by atoms with Crippen molar-refractivity contribution in [3.8, 4) is 11.3 Å². The van der Waals surface area contributed by atoms with Crippen molar-refractivity contribution in [3.05, 3.63) is 70.9 Å². The fourth-order valence-corrected chi connectivity index (χ4v) is 3.81. The van der Waals surface area contributed by atoms with Gasteiger partial charge in [-0.3, -0.25) is 4.79 Å². The standard InChI is InChI=1S/C23H26ClN5O/c24-20-11-9-18(10-12-20)17-29-26-21(23(27-29)19-6-2-1-3-7-19)16-25-13-5-15-28-14-4-8-22(28)30/h1-3,6-7,9-12,25H,4-5,8,13-17H2. The fraction of sp³-hybridized carbons (Fsp3) is 0.348. The first-order valence-corrected chi connectivity index (χ1v) is 10.8. The summed E-state index contributed by atoms with van der Waals surface area (Å²) in [7, 11) is 0. The minimum Gasteiger partial charge on any atom is -0.343 e. The molecule has 0 bridgehead atoms. The van der Waals surface area contributed by atoms with Gasteiger partial charge in [0.25, 0.3) is 0 Å². The van der Waals surface area contributed by atoms with E-state index in [1.54, 1.807) is 4.80 Å². The number of halogens is 1. The summed E-state index contributed by atoms with van der Waals surface area (Å²) in [5, 5.41) is 13.7. The van der Waals surface area contributed by atoms with E-state index in [9.17, 15) is 4.79 Å². The van der Waals surface area contributed by atoms with Gasteiger partial charge in [0, 0.05) is 36.6 Å². The van der Waals surface area contributed by atoms with Crippen LogP contribution >= 0.6 is 11.6 Å². The number of likely N-dealkylation sites (tertiary alicyclic amines) is 1. The van der Waals surface area contributed by atoms with Crippen LogP contribution in [0.1, 0.15) is 30.5 Å². The van der Waals surface area contributed by atoms with Gasteiger partial charge in [0.05, 0.1) is 6.54 Å². The molecule has 156 valence electrons. The lowest BCUT2D eigenvalue weighted by Gasteiger charge is -2.15.